The summed E-state index contributed by atoms with van der Waals surface area (Å²) < 4.78 is 0. The van der Waals surface area contributed by atoms with Crippen LogP contribution in [0, 0.1) is 0 Å². The molecule has 80 valence electrons. The zero-order valence-electron chi connectivity index (χ0n) is 8.02. The summed E-state index contributed by atoms with van der Waals surface area (Å²) in [7, 11) is 0. The first-order chi connectivity index (χ1) is 7.70. The lowest BCUT2D eigenvalue weighted by atomic mass is 10.1. The van der Waals surface area contributed by atoms with Gasteiger partial charge >= 0.3 is 0 Å². The molecule has 0 N–H and O–H groups in total. The Morgan fingerprint density at radius 2 is 1.94 bits per heavy atom. The van der Waals surface area contributed by atoms with Gasteiger partial charge in [0.1, 0.15) is 5.15 Å². The lowest BCUT2D eigenvalue weighted by Crippen LogP contribution is -2.04. The van der Waals surface area contributed by atoms with Crippen molar-refractivity contribution in [3.8, 4) is 0 Å². The molecule has 0 aliphatic rings. The van der Waals surface area contributed by atoms with Crippen molar-refractivity contribution in [3.63, 3.8) is 0 Å². The van der Waals surface area contributed by atoms with Gasteiger partial charge in [0, 0.05) is 24.2 Å². The Morgan fingerprint density at radius 1 is 1.12 bits per heavy atom. The fraction of sp³-hybridized carbons (Fsp3) is 0. The smallest absolute Gasteiger partial charge is 0.197 e. The van der Waals surface area contributed by atoms with Gasteiger partial charge in [-0.25, -0.2) is 4.98 Å². The van der Waals surface area contributed by atoms with E-state index >= 15 is 0 Å². The van der Waals surface area contributed by atoms with Crippen LogP contribution in [-0.4, -0.2) is 15.8 Å². The molecule has 2 aromatic rings. The van der Waals surface area contributed by atoms with Crippen molar-refractivity contribution in [2.24, 2.45) is 0 Å². The number of hydrogen-bond acceptors (Lipinski definition) is 3. The Morgan fingerprint density at radius 3 is 2.62 bits per heavy atom. The number of carbonyl (C=O) groups excluding carboxylic acids is 1. The topological polar surface area (TPSA) is 42.9 Å². The quantitative estimate of drug-likeness (QED) is 0.610. The molecule has 2 heterocycles. The second-order valence-corrected chi connectivity index (χ2v) is 3.79. The van der Waals surface area contributed by atoms with E-state index in [0.717, 1.165) is 0 Å². The maximum absolute atomic E-state index is 12.1. The average molecular weight is 253 g/mol. The highest BCUT2D eigenvalue weighted by atomic mass is 35.5. The Bertz CT molecular complexity index is 496. The van der Waals surface area contributed by atoms with E-state index in [2.05, 4.69) is 9.97 Å². The van der Waals surface area contributed by atoms with Gasteiger partial charge in [-0.2, -0.15) is 0 Å². The Hall–Kier alpha value is -1.45. The highest BCUT2D eigenvalue weighted by molar-refractivity contribution is 6.37. The molecule has 3 nitrogen and oxygen atoms in total. The van der Waals surface area contributed by atoms with E-state index in [1.807, 2.05) is 0 Å². The maximum Gasteiger partial charge on any atom is 0.197 e. The fourth-order valence-corrected chi connectivity index (χ4v) is 1.67. The molecule has 5 heteroatoms. The third-order valence-corrected chi connectivity index (χ3v) is 2.62. The first-order valence-electron chi connectivity index (χ1n) is 4.45. The second-order valence-electron chi connectivity index (χ2n) is 3.03. The molecule has 0 aliphatic heterocycles. The van der Waals surface area contributed by atoms with E-state index in [1.54, 1.807) is 18.2 Å². The van der Waals surface area contributed by atoms with Crippen molar-refractivity contribution < 1.29 is 4.79 Å². The number of hydrogen-bond donors (Lipinski definition) is 0. The molecule has 0 amide bonds. The van der Waals surface area contributed by atoms with Crippen molar-refractivity contribution in [2.75, 3.05) is 0 Å². The van der Waals surface area contributed by atoms with Gasteiger partial charge in [0.15, 0.2) is 5.78 Å². The van der Waals surface area contributed by atoms with Crippen LogP contribution < -0.4 is 0 Å². The number of aromatic nitrogens is 2. The van der Waals surface area contributed by atoms with E-state index in [-0.39, 0.29) is 10.9 Å². The zero-order chi connectivity index (χ0) is 11.5. The first-order valence-corrected chi connectivity index (χ1v) is 5.20. The van der Waals surface area contributed by atoms with Gasteiger partial charge in [0.05, 0.1) is 10.6 Å². The van der Waals surface area contributed by atoms with Gasteiger partial charge in [-0.05, 0) is 18.2 Å². The third-order valence-electron chi connectivity index (χ3n) is 2.02. The van der Waals surface area contributed by atoms with Crippen molar-refractivity contribution in [2.45, 2.75) is 0 Å². The summed E-state index contributed by atoms with van der Waals surface area (Å²) in [6, 6.07) is 4.80. The van der Waals surface area contributed by atoms with E-state index in [0.29, 0.717) is 16.1 Å². The van der Waals surface area contributed by atoms with Gasteiger partial charge in [-0.1, -0.05) is 23.2 Å². The lowest BCUT2D eigenvalue weighted by Gasteiger charge is -2.03. The molecule has 0 radical (unpaired) electrons. The summed E-state index contributed by atoms with van der Waals surface area (Å²) >= 11 is 11.7. The molecule has 0 bridgehead atoms. The minimum absolute atomic E-state index is 0.167. The predicted octanol–water partition coefficient (Wildman–Crippen LogP) is 3.01. The van der Waals surface area contributed by atoms with E-state index in [9.17, 15) is 4.79 Å². The first kappa shape index (κ1) is 11.0. The highest BCUT2D eigenvalue weighted by Gasteiger charge is 2.15. The van der Waals surface area contributed by atoms with Crippen LogP contribution in [0.5, 0.6) is 0 Å². The van der Waals surface area contributed by atoms with Gasteiger partial charge in [-0.15, -0.1) is 0 Å². The molecule has 0 aliphatic carbocycles. The SMILES string of the molecule is O=C(c1ccncc1Cl)c1cccnc1Cl. The molecular formula is C11H6Cl2N2O. The predicted molar refractivity (Wildman–Crippen MR) is 61.9 cm³/mol. The summed E-state index contributed by atoms with van der Waals surface area (Å²) in [5, 5.41) is 0.466. The molecule has 0 atom stereocenters. The molecule has 0 aromatic carbocycles. The summed E-state index contributed by atoms with van der Waals surface area (Å²) in [4.78, 5) is 19.7. The lowest BCUT2D eigenvalue weighted by molar-refractivity contribution is 0.103. The Labute approximate surface area is 102 Å². The van der Waals surface area contributed by atoms with Crippen LogP contribution in [0.2, 0.25) is 10.2 Å². The molecule has 0 saturated heterocycles. The van der Waals surface area contributed by atoms with Crippen LogP contribution in [-0.2, 0) is 0 Å². The number of rotatable bonds is 2. The minimum atomic E-state index is -0.259. The molecule has 2 rings (SSSR count). The number of halogens is 2. The Kier molecular flexibility index (Phi) is 3.17. The van der Waals surface area contributed by atoms with Crippen LogP contribution in [0.4, 0.5) is 0 Å². The monoisotopic (exact) mass is 252 g/mol. The summed E-state index contributed by atoms with van der Waals surface area (Å²) in [5.41, 5.74) is 0.698. The van der Waals surface area contributed by atoms with Crippen LogP contribution in [0.25, 0.3) is 0 Å². The summed E-state index contributed by atoms with van der Waals surface area (Å²) in [6.45, 7) is 0. The molecule has 0 saturated carbocycles. The summed E-state index contributed by atoms with van der Waals surface area (Å²) in [5.74, 6) is -0.259. The molecule has 0 fully saturated rings. The number of carbonyl (C=O) groups is 1. The highest BCUT2D eigenvalue weighted by Crippen LogP contribution is 2.21. The number of ketones is 1. The maximum atomic E-state index is 12.1. The van der Waals surface area contributed by atoms with Crippen molar-refractivity contribution in [1.29, 1.82) is 0 Å². The third kappa shape index (κ3) is 2.05. The molecule has 0 unspecified atom stereocenters. The molecular weight excluding hydrogens is 247 g/mol. The fourth-order valence-electron chi connectivity index (χ4n) is 1.26. The van der Waals surface area contributed by atoms with E-state index in [1.165, 1.54) is 18.6 Å². The average Bonchev–Trinajstić information content (AvgIpc) is 2.29. The number of nitrogens with zero attached hydrogens (tertiary/aromatic N) is 2. The van der Waals surface area contributed by atoms with E-state index in [4.69, 9.17) is 23.2 Å². The van der Waals surface area contributed by atoms with Crippen molar-refractivity contribution >= 4 is 29.0 Å². The van der Waals surface area contributed by atoms with Crippen molar-refractivity contribution in [3.05, 3.63) is 58.1 Å². The molecule has 2 aromatic heterocycles. The van der Waals surface area contributed by atoms with Crippen LogP contribution in [0.1, 0.15) is 15.9 Å². The molecule has 0 spiro atoms. The van der Waals surface area contributed by atoms with Crippen LogP contribution in [0.15, 0.2) is 36.8 Å². The van der Waals surface area contributed by atoms with Crippen LogP contribution in [0.3, 0.4) is 0 Å². The zero-order valence-corrected chi connectivity index (χ0v) is 9.53. The minimum Gasteiger partial charge on any atom is -0.288 e. The van der Waals surface area contributed by atoms with E-state index < -0.39 is 0 Å². The van der Waals surface area contributed by atoms with Gasteiger partial charge < -0.3 is 0 Å². The largest absolute Gasteiger partial charge is 0.288 e. The second kappa shape index (κ2) is 4.60. The normalized spacial score (nSPS) is 10.1. The van der Waals surface area contributed by atoms with Gasteiger partial charge in [0.2, 0.25) is 0 Å². The molecule has 16 heavy (non-hydrogen) atoms. The van der Waals surface area contributed by atoms with Crippen molar-refractivity contribution in [1.82, 2.24) is 9.97 Å². The number of pyridine rings is 2. The Balaban J connectivity index is 2.48. The van der Waals surface area contributed by atoms with Gasteiger partial charge in [0.25, 0.3) is 0 Å². The van der Waals surface area contributed by atoms with Crippen LogP contribution >= 0.6 is 23.2 Å². The standard InChI is InChI=1S/C11H6Cl2N2O/c12-9-6-14-5-3-7(9)10(16)8-2-1-4-15-11(8)13/h1-6H. The summed E-state index contributed by atoms with van der Waals surface area (Å²) in [6.07, 6.45) is 4.44. The van der Waals surface area contributed by atoms with Gasteiger partial charge in [-0.3, -0.25) is 9.78 Å².